The maximum Gasteiger partial charge on any atom is 0.130 e. The molecule has 2 atom stereocenters. The molecule has 0 amide bonds. The van der Waals surface area contributed by atoms with Crippen molar-refractivity contribution in [3.05, 3.63) is 118 Å². The second-order valence-corrected chi connectivity index (χ2v) is 9.88. The first kappa shape index (κ1) is 23.5. The number of hydrogen-bond donors (Lipinski definition) is 1. The van der Waals surface area contributed by atoms with Crippen molar-refractivity contribution >= 4 is 28.9 Å². The average Bonchev–Trinajstić information content (AvgIpc) is 2.96. The van der Waals surface area contributed by atoms with Crippen LogP contribution >= 0.6 is 11.6 Å². The number of rotatable bonds is 5. The molecule has 0 unspecified atom stereocenters. The van der Waals surface area contributed by atoms with E-state index in [0.717, 1.165) is 56.6 Å². The van der Waals surface area contributed by atoms with Crippen molar-refractivity contribution in [1.82, 2.24) is 0 Å². The minimum Gasteiger partial charge on any atom is -0.497 e. The summed E-state index contributed by atoms with van der Waals surface area (Å²) in [5, 5.41) is 4.48. The summed E-state index contributed by atoms with van der Waals surface area (Å²) in [6.07, 6.45) is 3.12. The minimum atomic E-state index is 0.151. The molecule has 4 nitrogen and oxygen atoms in total. The molecular weight excluding hydrogens is 482 g/mol. The van der Waals surface area contributed by atoms with Crippen LogP contribution in [0.4, 0.5) is 5.69 Å². The fourth-order valence-electron chi connectivity index (χ4n) is 5.39. The molecule has 2 aliphatic heterocycles. The van der Waals surface area contributed by atoms with Gasteiger partial charge in [-0.05, 0) is 71.2 Å². The lowest BCUT2D eigenvalue weighted by Gasteiger charge is -2.35. The molecule has 0 spiro atoms. The van der Waals surface area contributed by atoms with Gasteiger partial charge in [-0.25, -0.2) is 0 Å². The van der Waals surface area contributed by atoms with E-state index >= 15 is 0 Å². The monoisotopic (exact) mass is 509 g/mol. The molecule has 1 N–H and O–H groups in total. The van der Waals surface area contributed by atoms with E-state index in [0.29, 0.717) is 6.61 Å². The van der Waals surface area contributed by atoms with Crippen molar-refractivity contribution in [2.45, 2.75) is 18.4 Å². The number of anilines is 1. The first-order valence-electron chi connectivity index (χ1n) is 12.4. The molecule has 0 saturated carbocycles. The third kappa shape index (κ3) is 4.54. The Hall–Kier alpha value is -3.89. The standard InChI is InChI=1S/C32H28ClNO3/c1-35-25-13-9-20(10-14-25)23-15-22-16-28(32(36-2)18-31(22)37-19-23)27-17-30(21-7-11-24(33)12-8-21)34-29-6-4-3-5-26(27)29/h3-16,18,27,30,34H,17,19H2,1-2H3/t27-,30+/m0/s1. The van der Waals surface area contributed by atoms with Gasteiger partial charge in [-0.3, -0.25) is 0 Å². The number of hydrogen-bond acceptors (Lipinski definition) is 4. The van der Waals surface area contributed by atoms with Crippen LogP contribution in [0.1, 0.15) is 46.2 Å². The topological polar surface area (TPSA) is 39.7 Å². The maximum atomic E-state index is 6.20. The number of fused-ring (bicyclic) bond motifs is 2. The second-order valence-electron chi connectivity index (χ2n) is 9.44. The number of methoxy groups -OCH3 is 2. The van der Waals surface area contributed by atoms with E-state index in [1.165, 1.54) is 11.1 Å². The molecule has 2 heterocycles. The number of ether oxygens (including phenoxy) is 3. The zero-order valence-electron chi connectivity index (χ0n) is 20.8. The van der Waals surface area contributed by atoms with Gasteiger partial charge in [-0.15, -0.1) is 0 Å². The molecule has 0 saturated heterocycles. The third-order valence-electron chi connectivity index (χ3n) is 7.32. The van der Waals surface area contributed by atoms with Crippen LogP contribution in [-0.2, 0) is 0 Å². The van der Waals surface area contributed by atoms with E-state index in [-0.39, 0.29) is 12.0 Å². The van der Waals surface area contributed by atoms with Crippen LogP contribution in [0.25, 0.3) is 11.6 Å². The summed E-state index contributed by atoms with van der Waals surface area (Å²) < 4.78 is 17.4. The summed E-state index contributed by atoms with van der Waals surface area (Å²) in [4.78, 5) is 0. The summed E-state index contributed by atoms with van der Waals surface area (Å²) in [7, 11) is 3.41. The fourth-order valence-corrected chi connectivity index (χ4v) is 5.52. The predicted octanol–water partition coefficient (Wildman–Crippen LogP) is 7.98. The van der Waals surface area contributed by atoms with Crippen LogP contribution in [0.2, 0.25) is 5.02 Å². The number of halogens is 1. The van der Waals surface area contributed by atoms with Crippen molar-refractivity contribution < 1.29 is 14.2 Å². The third-order valence-corrected chi connectivity index (χ3v) is 7.57. The Labute approximate surface area is 222 Å². The van der Waals surface area contributed by atoms with Gasteiger partial charge in [-0.1, -0.05) is 54.1 Å². The SMILES string of the molecule is COc1ccc(C2=Cc3cc([C@H]4C[C@H](c5ccc(Cl)cc5)Nc5ccccc54)c(OC)cc3OC2)cc1. The van der Waals surface area contributed by atoms with Crippen molar-refractivity contribution in [1.29, 1.82) is 0 Å². The summed E-state index contributed by atoms with van der Waals surface area (Å²) in [5.41, 5.74) is 8.10. The van der Waals surface area contributed by atoms with Gasteiger partial charge in [-0.2, -0.15) is 0 Å². The molecule has 4 aromatic carbocycles. The predicted molar refractivity (Wildman–Crippen MR) is 150 cm³/mol. The van der Waals surface area contributed by atoms with Gasteiger partial charge in [0.1, 0.15) is 23.9 Å². The molecule has 0 radical (unpaired) electrons. The Morgan fingerprint density at radius 1 is 0.865 bits per heavy atom. The fraction of sp³-hybridized carbons (Fsp3) is 0.188. The van der Waals surface area contributed by atoms with Crippen molar-refractivity contribution in [3.8, 4) is 17.2 Å². The number of benzene rings is 4. The summed E-state index contributed by atoms with van der Waals surface area (Å²) >= 11 is 6.17. The molecule has 6 rings (SSSR count). The molecule has 4 aromatic rings. The number of nitrogens with one attached hydrogen (secondary N) is 1. The van der Waals surface area contributed by atoms with Crippen LogP contribution in [0.3, 0.4) is 0 Å². The highest BCUT2D eigenvalue weighted by molar-refractivity contribution is 6.30. The van der Waals surface area contributed by atoms with Gasteiger partial charge in [0.15, 0.2) is 0 Å². The van der Waals surface area contributed by atoms with Gasteiger partial charge in [0.25, 0.3) is 0 Å². The van der Waals surface area contributed by atoms with Crippen LogP contribution in [0.15, 0.2) is 84.9 Å². The molecule has 186 valence electrons. The second kappa shape index (κ2) is 9.87. The van der Waals surface area contributed by atoms with Crippen molar-refractivity contribution in [2.24, 2.45) is 0 Å². The zero-order valence-corrected chi connectivity index (χ0v) is 21.6. The van der Waals surface area contributed by atoms with Crippen molar-refractivity contribution in [3.63, 3.8) is 0 Å². The highest BCUT2D eigenvalue weighted by atomic mass is 35.5. The van der Waals surface area contributed by atoms with E-state index in [1.54, 1.807) is 14.2 Å². The zero-order chi connectivity index (χ0) is 25.4. The molecule has 2 aliphatic rings. The first-order valence-corrected chi connectivity index (χ1v) is 12.8. The highest BCUT2D eigenvalue weighted by Gasteiger charge is 2.31. The van der Waals surface area contributed by atoms with E-state index in [9.17, 15) is 0 Å². The van der Waals surface area contributed by atoms with E-state index in [2.05, 4.69) is 66.0 Å². The van der Waals surface area contributed by atoms with Gasteiger partial charge in [0, 0.05) is 33.8 Å². The molecule has 0 aliphatic carbocycles. The largest absolute Gasteiger partial charge is 0.497 e. The lowest BCUT2D eigenvalue weighted by molar-refractivity contribution is 0.357. The smallest absolute Gasteiger partial charge is 0.130 e. The van der Waals surface area contributed by atoms with Crippen LogP contribution in [0, 0.1) is 0 Å². The minimum absolute atomic E-state index is 0.151. The Kier molecular flexibility index (Phi) is 6.27. The Morgan fingerprint density at radius 2 is 1.65 bits per heavy atom. The van der Waals surface area contributed by atoms with Gasteiger partial charge >= 0.3 is 0 Å². The summed E-state index contributed by atoms with van der Waals surface area (Å²) in [6, 6.07) is 29.2. The first-order chi connectivity index (χ1) is 18.1. The van der Waals surface area contributed by atoms with Crippen molar-refractivity contribution in [2.75, 3.05) is 26.1 Å². The number of para-hydroxylation sites is 1. The van der Waals surface area contributed by atoms with E-state index in [4.69, 9.17) is 25.8 Å². The molecule has 37 heavy (non-hydrogen) atoms. The molecule has 0 bridgehead atoms. The lowest BCUT2D eigenvalue weighted by Crippen LogP contribution is -2.22. The molecule has 5 heteroatoms. The normalized spacial score (nSPS) is 18.0. The quantitative estimate of drug-likeness (QED) is 0.296. The van der Waals surface area contributed by atoms with Gasteiger partial charge in [0.2, 0.25) is 0 Å². The van der Waals surface area contributed by atoms with Gasteiger partial charge in [0.05, 0.1) is 20.3 Å². The molecule has 0 aromatic heterocycles. The van der Waals surface area contributed by atoms with E-state index in [1.807, 2.05) is 30.3 Å². The molecule has 0 fully saturated rings. The maximum absolute atomic E-state index is 6.20. The highest BCUT2D eigenvalue weighted by Crippen LogP contribution is 2.48. The average molecular weight is 510 g/mol. The van der Waals surface area contributed by atoms with Crippen LogP contribution in [0.5, 0.6) is 17.2 Å². The Balaban J connectivity index is 1.42. The van der Waals surface area contributed by atoms with E-state index < -0.39 is 0 Å². The Bertz CT molecular complexity index is 1460. The summed E-state index contributed by atoms with van der Waals surface area (Å²) in [6.45, 7) is 0.511. The summed E-state index contributed by atoms with van der Waals surface area (Å²) in [5.74, 6) is 2.68. The molecular formula is C32H28ClNO3. The van der Waals surface area contributed by atoms with Crippen LogP contribution in [-0.4, -0.2) is 20.8 Å². The lowest BCUT2D eigenvalue weighted by atomic mass is 9.79. The van der Waals surface area contributed by atoms with Gasteiger partial charge < -0.3 is 19.5 Å². The Morgan fingerprint density at radius 3 is 2.41 bits per heavy atom. The van der Waals surface area contributed by atoms with Crippen LogP contribution < -0.4 is 19.5 Å².